The van der Waals surface area contributed by atoms with Crippen molar-refractivity contribution in [3.63, 3.8) is 0 Å². The molecule has 2 rings (SSSR count). The van der Waals surface area contributed by atoms with Crippen LogP contribution in [0.4, 0.5) is 5.69 Å². The second kappa shape index (κ2) is 5.65. The number of anilines is 1. The van der Waals surface area contributed by atoms with E-state index in [4.69, 9.17) is 18.0 Å². The maximum atomic E-state index is 5.64. The van der Waals surface area contributed by atoms with Crippen LogP contribution in [0.1, 0.15) is 38.3 Å². The summed E-state index contributed by atoms with van der Waals surface area (Å²) in [5.41, 5.74) is 7.50. The van der Waals surface area contributed by atoms with Gasteiger partial charge in [0.15, 0.2) is 0 Å². The largest absolute Gasteiger partial charge is 0.388 e. The molecular weight excluding hydrogens is 242 g/mol. The van der Waals surface area contributed by atoms with Crippen molar-refractivity contribution in [2.45, 2.75) is 38.6 Å². The van der Waals surface area contributed by atoms with Crippen molar-refractivity contribution in [1.82, 2.24) is 4.98 Å². The molecule has 1 aromatic rings. The fraction of sp³-hybridized carbons (Fsp3) is 0.571. The average molecular weight is 263 g/mol. The van der Waals surface area contributed by atoms with E-state index in [-0.39, 0.29) is 0 Å². The molecule has 3 nitrogen and oxygen atoms in total. The van der Waals surface area contributed by atoms with Crippen LogP contribution < -0.4 is 10.6 Å². The van der Waals surface area contributed by atoms with E-state index in [1.165, 1.54) is 25.7 Å². The summed E-state index contributed by atoms with van der Waals surface area (Å²) < 4.78 is 0. The highest BCUT2D eigenvalue weighted by molar-refractivity contribution is 7.80. The van der Waals surface area contributed by atoms with E-state index in [0.717, 1.165) is 11.6 Å². The first-order valence-corrected chi connectivity index (χ1v) is 6.99. The molecule has 1 aliphatic carbocycles. The monoisotopic (exact) mass is 263 g/mol. The molecule has 1 aliphatic rings. The van der Waals surface area contributed by atoms with Crippen LogP contribution in [0.2, 0.25) is 0 Å². The summed E-state index contributed by atoms with van der Waals surface area (Å²) in [7, 11) is 2.16. The van der Waals surface area contributed by atoms with Crippen molar-refractivity contribution in [3.8, 4) is 0 Å². The van der Waals surface area contributed by atoms with E-state index in [0.29, 0.717) is 16.7 Å². The summed E-state index contributed by atoms with van der Waals surface area (Å²) in [6.07, 6.45) is 7.06. The number of hydrogen-bond acceptors (Lipinski definition) is 3. The third kappa shape index (κ3) is 2.80. The van der Waals surface area contributed by atoms with Crippen LogP contribution in [-0.4, -0.2) is 23.1 Å². The van der Waals surface area contributed by atoms with Gasteiger partial charge in [0.05, 0.1) is 5.69 Å². The van der Waals surface area contributed by atoms with Crippen molar-refractivity contribution in [2.24, 2.45) is 11.7 Å². The third-order valence-electron chi connectivity index (χ3n) is 3.97. The van der Waals surface area contributed by atoms with E-state index < -0.39 is 0 Å². The lowest BCUT2D eigenvalue weighted by molar-refractivity contribution is 0.321. The number of hydrogen-bond donors (Lipinski definition) is 1. The standard InChI is InChI=1S/C14H21N3S/c1-10-5-3-4-6-13(10)17(2)11-7-8-16-12(9-11)14(15)18/h7-10,13H,3-6H2,1-2H3,(H2,15,18). The Kier molecular flexibility index (Phi) is 4.17. The van der Waals surface area contributed by atoms with Crippen LogP contribution in [-0.2, 0) is 0 Å². The molecule has 2 unspecified atom stereocenters. The Labute approximate surface area is 114 Å². The summed E-state index contributed by atoms with van der Waals surface area (Å²) in [6, 6.07) is 4.63. The van der Waals surface area contributed by atoms with Gasteiger partial charge in [0.25, 0.3) is 0 Å². The highest BCUT2D eigenvalue weighted by Gasteiger charge is 2.25. The van der Waals surface area contributed by atoms with Crippen molar-refractivity contribution in [2.75, 3.05) is 11.9 Å². The van der Waals surface area contributed by atoms with Crippen molar-refractivity contribution in [3.05, 3.63) is 24.0 Å². The Bertz CT molecular complexity index is 433. The molecular formula is C14H21N3S. The Morgan fingerprint density at radius 3 is 2.83 bits per heavy atom. The van der Waals surface area contributed by atoms with Gasteiger partial charge in [-0.2, -0.15) is 0 Å². The number of nitrogens with two attached hydrogens (primary N) is 1. The minimum absolute atomic E-state index is 0.363. The van der Waals surface area contributed by atoms with Gasteiger partial charge in [-0.3, -0.25) is 4.98 Å². The maximum Gasteiger partial charge on any atom is 0.122 e. The minimum atomic E-state index is 0.363. The topological polar surface area (TPSA) is 42.2 Å². The highest BCUT2D eigenvalue weighted by atomic mass is 32.1. The molecule has 1 aromatic heterocycles. The van der Waals surface area contributed by atoms with E-state index in [2.05, 4.69) is 23.9 Å². The zero-order valence-electron chi connectivity index (χ0n) is 11.1. The summed E-state index contributed by atoms with van der Waals surface area (Å²) in [4.78, 5) is 6.91. The van der Waals surface area contributed by atoms with Gasteiger partial charge in [0, 0.05) is 25.0 Å². The van der Waals surface area contributed by atoms with E-state index >= 15 is 0 Å². The van der Waals surface area contributed by atoms with Gasteiger partial charge in [0.1, 0.15) is 4.99 Å². The van der Waals surface area contributed by atoms with Crippen molar-refractivity contribution < 1.29 is 0 Å². The third-order valence-corrected chi connectivity index (χ3v) is 4.18. The van der Waals surface area contributed by atoms with Gasteiger partial charge < -0.3 is 10.6 Å². The first-order valence-electron chi connectivity index (χ1n) is 6.58. The van der Waals surface area contributed by atoms with Crippen LogP contribution in [0.3, 0.4) is 0 Å². The first kappa shape index (κ1) is 13.3. The summed E-state index contributed by atoms with van der Waals surface area (Å²) in [5, 5.41) is 0. The zero-order chi connectivity index (χ0) is 13.1. The normalized spacial score (nSPS) is 23.7. The number of nitrogens with zero attached hydrogens (tertiary/aromatic N) is 2. The molecule has 1 heterocycles. The van der Waals surface area contributed by atoms with Gasteiger partial charge in [-0.05, 0) is 30.9 Å². The fourth-order valence-electron chi connectivity index (χ4n) is 2.84. The smallest absolute Gasteiger partial charge is 0.122 e. The minimum Gasteiger partial charge on any atom is -0.388 e. The molecule has 0 aliphatic heterocycles. The maximum absolute atomic E-state index is 5.64. The first-order chi connectivity index (χ1) is 8.59. The number of aromatic nitrogens is 1. The van der Waals surface area contributed by atoms with Crippen LogP contribution in [0.25, 0.3) is 0 Å². The number of rotatable bonds is 3. The fourth-order valence-corrected chi connectivity index (χ4v) is 2.95. The Hall–Kier alpha value is -1.16. The molecule has 2 N–H and O–H groups in total. The number of thiocarbonyl (C=S) groups is 1. The van der Waals surface area contributed by atoms with Gasteiger partial charge in [0.2, 0.25) is 0 Å². The number of pyridine rings is 1. The molecule has 0 bridgehead atoms. The molecule has 18 heavy (non-hydrogen) atoms. The molecule has 2 atom stereocenters. The van der Waals surface area contributed by atoms with Crippen LogP contribution in [0.15, 0.2) is 18.3 Å². The lowest BCUT2D eigenvalue weighted by Crippen LogP contribution is -2.39. The Balaban J connectivity index is 2.19. The van der Waals surface area contributed by atoms with Crippen LogP contribution >= 0.6 is 12.2 Å². The SMILES string of the molecule is CC1CCCCC1N(C)c1ccnc(C(N)=S)c1. The van der Waals surface area contributed by atoms with Crippen LogP contribution in [0, 0.1) is 5.92 Å². The zero-order valence-corrected chi connectivity index (χ0v) is 11.9. The summed E-state index contributed by atoms with van der Waals surface area (Å²) in [6.45, 7) is 2.34. The predicted octanol–water partition coefficient (Wildman–Crippen LogP) is 2.73. The summed E-state index contributed by atoms with van der Waals surface area (Å²) in [5.74, 6) is 0.741. The second-order valence-electron chi connectivity index (χ2n) is 5.20. The van der Waals surface area contributed by atoms with Crippen LogP contribution in [0.5, 0.6) is 0 Å². The molecule has 0 aromatic carbocycles. The lowest BCUT2D eigenvalue weighted by Gasteiger charge is -2.37. The van der Waals surface area contributed by atoms with E-state index in [1.807, 2.05) is 12.1 Å². The van der Waals surface area contributed by atoms with Gasteiger partial charge in [-0.25, -0.2) is 0 Å². The predicted molar refractivity (Wildman–Crippen MR) is 79.9 cm³/mol. The van der Waals surface area contributed by atoms with Gasteiger partial charge in [-0.15, -0.1) is 0 Å². The van der Waals surface area contributed by atoms with Gasteiger partial charge in [-0.1, -0.05) is 32.0 Å². The molecule has 4 heteroatoms. The van der Waals surface area contributed by atoms with E-state index in [1.54, 1.807) is 6.20 Å². The Morgan fingerprint density at radius 1 is 1.44 bits per heavy atom. The molecule has 0 amide bonds. The second-order valence-corrected chi connectivity index (χ2v) is 5.64. The average Bonchev–Trinajstić information content (AvgIpc) is 2.38. The van der Waals surface area contributed by atoms with Gasteiger partial charge >= 0.3 is 0 Å². The van der Waals surface area contributed by atoms with E-state index in [9.17, 15) is 0 Å². The highest BCUT2D eigenvalue weighted by Crippen LogP contribution is 2.30. The quantitative estimate of drug-likeness (QED) is 0.852. The molecule has 0 saturated heterocycles. The molecule has 98 valence electrons. The van der Waals surface area contributed by atoms with Crippen molar-refractivity contribution >= 4 is 22.9 Å². The van der Waals surface area contributed by atoms with Crippen molar-refractivity contribution in [1.29, 1.82) is 0 Å². The molecule has 0 spiro atoms. The molecule has 1 fully saturated rings. The molecule has 1 saturated carbocycles. The summed E-state index contributed by atoms with van der Waals surface area (Å²) >= 11 is 4.98. The molecule has 0 radical (unpaired) electrons. The lowest BCUT2D eigenvalue weighted by atomic mass is 9.85. The Morgan fingerprint density at radius 2 is 2.17 bits per heavy atom.